The average molecular weight is 267 g/mol. The van der Waals surface area contributed by atoms with Gasteiger partial charge in [0, 0.05) is 64.6 Å². The lowest BCUT2D eigenvalue weighted by molar-refractivity contribution is -0.109. The van der Waals surface area contributed by atoms with Gasteiger partial charge in [-0.15, -0.1) is 0 Å². The van der Waals surface area contributed by atoms with Gasteiger partial charge in [-0.25, -0.2) is 4.98 Å². The molecule has 1 saturated heterocycles. The van der Waals surface area contributed by atoms with Crippen LogP contribution in [0.15, 0.2) is 12.4 Å². The van der Waals surface area contributed by atoms with Crippen LogP contribution in [0, 0.1) is 0 Å². The molecule has 1 aliphatic rings. The van der Waals surface area contributed by atoms with Crippen LogP contribution in [0.25, 0.3) is 0 Å². The SMILES string of the molecule is CCn1ccnc1CC(NC)C1(OC)CCOCC1. The van der Waals surface area contributed by atoms with Gasteiger partial charge >= 0.3 is 0 Å². The van der Waals surface area contributed by atoms with Gasteiger partial charge in [-0.05, 0) is 14.0 Å². The van der Waals surface area contributed by atoms with E-state index in [9.17, 15) is 0 Å². The quantitative estimate of drug-likeness (QED) is 0.842. The summed E-state index contributed by atoms with van der Waals surface area (Å²) in [5.41, 5.74) is -0.141. The summed E-state index contributed by atoms with van der Waals surface area (Å²) >= 11 is 0. The summed E-state index contributed by atoms with van der Waals surface area (Å²) in [5.74, 6) is 1.12. The van der Waals surface area contributed by atoms with E-state index in [4.69, 9.17) is 9.47 Å². The Morgan fingerprint density at radius 1 is 1.53 bits per heavy atom. The van der Waals surface area contributed by atoms with Gasteiger partial charge in [0.2, 0.25) is 0 Å². The Kier molecular flexibility index (Phi) is 4.96. The van der Waals surface area contributed by atoms with E-state index < -0.39 is 0 Å². The zero-order valence-electron chi connectivity index (χ0n) is 12.2. The maximum absolute atomic E-state index is 5.87. The Hall–Kier alpha value is -0.910. The van der Waals surface area contributed by atoms with Crippen LogP contribution in [-0.2, 0) is 22.4 Å². The van der Waals surface area contributed by atoms with Gasteiger partial charge in [0.05, 0.1) is 5.60 Å². The summed E-state index contributed by atoms with van der Waals surface area (Å²) in [6, 6.07) is 0.258. The van der Waals surface area contributed by atoms with Crippen molar-refractivity contribution in [1.29, 1.82) is 0 Å². The second-order valence-corrected chi connectivity index (χ2v) is 5.06. The highest BCUT2D eigenvalue weighted by Gasteiger charge is 2.40. The van der Waals surface area contributed by atoms with Crippen LogP contribution in [0.1, 0.15) is 25.6 Å². The molecule has 2 rings (SSSR count). The third-order valence-electron chi connectivity index (χ3n) is 4.26. The fourth-order valence-electron chi connectivity index (χ4n) is 2.96. The van der Waals surface area contributed by atoms with Crippen LogP contribution in [0.4, 0.5) is 0 Å². The first kappa shape index (κ1) is 14.5. The zero-order valence-corrected chi connectivity index (χ0v) is 12.2. The van der Waals surface area contributed by atoms with E-state index >= 15 is 0 Å². The summed E-state index contributed by atoms with van der Waals surface area (Å²) in [4.78, 5) is 4.47. The number of hydrogen-bond acceptors (Lipinski definition) is 4. The molecule has 5 nitrogen and oxygen atoms in total. The Morgan fingerprint density at radius 3 is 2.84 bits per heavy atom. The van der Waals surface area contributed by atoms with Crippen LogP contribution in [0.5, 0.6) is 0 Å². The first-order valence-electron chi connectivity index (χ1n) is 7.06. The topological polar surface area (TPSA) is 48.3 Å². The summed E-state index contributed by atoms with van der Waals surface area (Å²) in [6.45, 7) is 4.64. The lowest BCUT2D eigenvalue weighted by atomic mass is 9.84. The zero-order chi connectivity index (χ0) is 13.7. The van der Waals surface area contributed by atoms with Gasteiger partial charge in [-0.2, -0.15) is 0 Å². The molecule has 19 heavy (non-hydrogen) atoms. The van der Waals surface area contributed by atoms with E-state index in [-0.39, 0.29) is 11.6 Å². The normalized spacial score (nSPS) is 20.4. The van der Waals surface area contributed by atoms with Crippen molar-refractivity contribution in [2.45, 2.75) is 44.4 Å². The molecule has 0 aliphatic carbocycles. The number of aryl methyl sites for hydroxylation is 1. The van der Waals surface area contributed by atoms with E-state index in [0.29, 0.717) is 0 Å². The molecule has 2 heterocycles. The smallest absolute Gasteiger partial charge is 0.110 e. The second-order valence-electron chi connectivity index (χ2n) is 5.06. The molecule has 0 spiro atoms. The number of likely N-dealkylation sites (N-methyl/N-ethyl adjacent to an activating group) is 1. The number of hydrogen-bond donors (Lipinski definition) is 1. The van der Waals surface area contributed by atoms with E-state index in [0.717, 1.165) is 44.8 Å². The minimum absolute atomic E-state index is 0.141. The maximum atomic E-state index is 5.87. The van der Waals surface area contributed by atoms with Crippen LogP contribution in [0.3, 0.4) is 0 Å². The number of ether oxygens (including phenoxy) is 2. The first-order chi connectivity index (χ1) is 9.25. The fourth-order valence-corrected chi connectivity index (χ4v) is 2.96. The largest absolute Gasteiger partial charge is 0.381 e. The Labute approximate surface area is 115 Å². The fraction of sp³-hybridized carbons (Fsp3) is 0.786. The number of nitrogens with one attached hydrogen (secondary N) is 1. The molecule has 1 aromatic heterocycles. The van der Waals surface area contributed by atoms with Crippen molar-refractivity contribution >= 4 is 0 Å². The van der Waals surface area contributed by atoms with Crippen molar-refractivity contribution < 1.29 is 9.47 Å². The highest BCUT2D eigenvalue weighted by molar-refractivity contribution is 5.03. The van der Waals surface area contributed by atoms with Gasteiger partial charge in [-0.1, -0.05) is 0 Å². The highest BCUT2D eigenvalue weighted by atomic mass is 16.5. The minimum Gasteiger partial charge on any atom is -0.381 e. The molecule has 1 N–H and O–H groups in total. The number of methoxy groups -OCH3 is 1. The molecule has 1 unspecified atom stereocenters. The molecule has 108 valence electrons. The van der Waals surface area contributed by atoms with E-state index in [2.05, 4.69) is 21.8 Å². The predicted molar refractivity (Wildman–Crippen MR) is 74.2 cm³/mol. The molecule has 0 aromatic carbocycles. The number of imidazole rings is 1. The monoisotopic (exact) mass is 267 g/mol. The van der Waals surface area contributed by atoms with Crippen LogP contribution in [-0.4, -0.2) is 48.6 Å². The van der Waals surface area contributed by atoms with Crippen molar-refractivity contribution in [2.75, 3.05) is 27.4 Å². The van der Waals surface area contributed by atoms with E-state index in [1.54, 1.807) is 0 Å². The Balaban J connectivity index is 2.14. The summed E-state index contributed by atoms with van der Waals surface area (Å²) < 4.78 is 13.5. The van der Waals surface area contributed by atoms with E-state index in [1.165, 1.54) is 0 Å². The van der Waals surface area contributed by atoms with Gasteiger partial charge in [0.1, 0.15) is 5.82 Å². The molecule has 1 aromatic rings. The minimum atomic E-state index is -0.141. The third-order valence-corrected chi connectivity index (χ3v) is 4.26. The number of nitrogens with zero attached hydrogens (tertiary/aromatic N) is 2. The molecule has 1 fully saturated rings. The van der Waals surface area contributed by atoms with Crippen molar-refractivity contribution in [2.24, 2.45) is 0 Å². The van der Waals surface area contributed by atoms with Gasteiger partial charge < -0.3 is 19.4 Å². The summed E-state index contributed by atoms with van der Waals surface area (Å²) in [5, 5.41) is 3.42. The van der Waals surface area contributed by atoms with Gasteiger partial charge in [-0.3, -0.25) is 0 Å². The van der Waals surface area contributed by atoms with Gasteiger partial charge in [0.25, 0.3) is 0 Å². The second kappa shape index (κ2) is 6.50. The summed E-state index contributed by atoms with van der Waals surface area (Å²) in [6.07, 6.45) is 6.65. The maximum Gasteiger partial charge on any atom is 0.110 e. The molecule has 0 bridgehead atoms. The Morgan fingerprint density at radius 2 is 2.26 bits per heavy atom. The van der Waals surface area contributed by atoms with Crippen molar-refractivity contribution in [3.63, 3.8) is 0 Å². The predicted octanol–water partition coefficient (Wildman–Crippen LogP) is 1.23. The van der Waals surface area contributed by atoms with Crippen molar-refractivity contribution in [3.05, 3.63) is 18.2 Å². The van der Waals surface area contributed by atoms with Crippen LogP contribution < -0.4 is 5.32 Å². The molecule has 5 heteroatoms. The lowest BCUT2D eigenvalue weighted by Gasteiger charge is -2.42. The lowest BCUT2D eigenvalue weighted by Crippen LogP contribution is -2.55. The molecule has 0 amide bonds. The number of rotatable bonds is 6. The average Bonchev–Trinajstić information content (AvgIpc) is 2.92. The molecular weight excluding hydrogens is 242 g/mol. The number of aromatic nitrogens is 2. The molecular formula is C14H25N3O2. The molecule has 0 saturated carbocycles. The van der Waals surface area contributed by atoms with Gasteiger partial charge in [0.15, 0.2) is 0 Å². The molecule has 1 aliphatic heterocycles. The summed E-state index contributed by atoms with van der Waals surface area (Å²) in [7, 11) is 3.81. The van der Waals surface area contributed by atoms with E-state index in [1.807, 2.05) is 26.6 Å². The Bertz CT molecular complexity index is 386. The molecule has 1 atom stereocenters. The van der Waals surface area contributed by atoms with Crippen LogP contribution in [0.2, 0.25) is 0 Å². The van der Waals surface area contributed by atoms with Crippen molar-refractivity contribution in [1.82, 2.24) is 14.9 Å². The highest BCUT2D eigenvalue weighted by Crippen LogP contribution is 2.29. The third kappa shape index (κ3) is 2.99. The standard InChI is InChI=1S/C14H25N3O2/c1-4-17-8-7-16-13(17)11-12(15-2)14(18-3)5-9-19-10-6-14/h7-8,12,15H,4-6,9-11H2,1-3H3. The van der Waals surface area contributed by atoms with Crippen LogP contribution >= 0.6 is 0 Å². The first-order valence-corrected chi connectivity index (χ1v) is 7.06. The van der Waals surface area contributed by atoms with Crippen molar-refractivity contribution in [3.8, 4) is 0 Å². The molecule has 0 radical (unpaired) electrons.